The number of anilines is 5. The highest BCUT2D eigenvalue weighted by atomic mass is 15.2. The number of hydrogen-bond donors (Lipinski definition) is 1. The zero-order valence-corrected chi connectivity index (χ0v) is 29.8. The van der Waals surface area contributed by atoms with Crippen molar-refractivity contribution in [3.05, 3.63) is 135 Å². The molecule has 1 N–H and O–H groups in total. The third-order valence-corrected chi connectivity index (χ3v) is 9.58. The highest BCUT2D eigenvalue weighted by Gasteiger charge is 2.28. The smallest absolute Gasteiger partial charge is 0.132 e. The molecule has 0 spiro atoms. The van der Waals surface area contributed by atoms with Gasteiger partial charge in [-0.2, -0.15) is 21.0 Å². The average Bonchev–Trinajstić information content (AvgIpc) is 3.09. The molecule has 1 aliphatic heterocycles. The Morgan fingerprint density at radius 1 is 0.608 bits per heavy atom. The van der Waals surface area contributed by atoms with E-state index in [0.29, 0.717) is 12.8 Å². The Hall–Kier alpha value is -6.34. The van der Waals surface area contributed by atoms with Crippen LogP contribution in [0.3, 0.4) is 0 Å². The molecular weight excluding hydrogens is 625 g/mol. The first-order valence-electron chi connectivity index (χ1n) is 17.2. The molecule has 2 aliphatic carbocycles. The van der Waals surface area contributed by atoms with Crippen molar-refractivity contribution in [2.24, 2.45) is 10.8 Å². The molecule has 0 saturated carbocycles. The molecule has 0 aromatic heterocycles. The molecule has 1 heterocycles. The molecule has 6 rings (SSSR count). The predicted octanol–water partition coefficient (Wildman–Crippen LogP) is 11.7. The van der Waals surface area contributed by atoms with Crippen molar-refractivity contribution in [3.8, 4) is 24.3 Å². The lowest BCUT2D eigenvalue weighted by atomic mass is 9.74. The fraction of sp³-hybridized carbons (Fsp3) is 0.244. The van der Waals surface area contributed by atoms with Crippen LogP contribution in [0.25, 0.3) is 12.2 Å². The summed E-state index contributed by atoms with van der Waals surface area (Å²) in [6.45, 7) is 10.8. The lowest BCUT2D eigenvalue weighted by Crippen LogP contribution is -2.18. The molecule has 0 radical (unpaired) electrons. The molecule has 51 heavy (non-hydrogen) atoms. The normalized spacial score (nSPS) is 17.2. The van der Waals surface area contributed by atoms with E-state index in [2.05, 4.69) is 154 Å². The molecule has 0 fully saturated rings. The van der Waals surface area contributed by atoms with Crippen molar-refractivity contribution < 1.29 is 0 Å². The fourth-order valence-corrected chi connectivity index (χ4v) is 7.34. The summed E-state index contributed by atoms with van der Waals surface area (Å²) in [5.41, 5.74) is 12.4. The van der Waals surface area contributed by atoms with Gasteiger partial charge in [-0.3, -0.25) is 0 Å². The third kappa shape index (κ3) is 7.63. The molecule has 250 valence electrons. The monoisotopic (exact) mass is 664 g/mol. The van der Waals surface area contributed by atoms with Gasteiger partial charge in [-0.05, 0) is 113 Å². The Morgan fingerprint density at radius 2 is 1.04 bits per heavy atom. The number of fused-ring (bicyclic) bond motifs is 2. The van der Waals surface area contributed by atoms with Crippen molar-refractivity contribution in [2.75, 3.05) is 10.2 Å². The Labute approximate surface area is 301 Å². The summed E-state index contributed by atoms with van der Waals surface area (Å²) < 4.78 is 0. The van der Waals surface area contributed by atoms with Gasteiger partial charge < -0.3 is 10.2 Å². The number of nitrogens with zero attached hydrogens (tertiary/aromatic N) is 5. The summed E-state index contributed by atoms with van der Waals surface area (Å²) in [5.74, 6) is 0. The molecule has 0 bridgehead atoms. The first-order valence-corrected chi connectivity index (χ1v) is 17.2. The standard InChI is InChI=1S/C45H40N6/c1-30-6-14-39(15-7-30)51-42-16-12-31(8-10-33-18-35(37(26-46)27-47)24-44(2,3)22-33)20-40(42)50-41-21-32(13-17-43(41)51)9-11-34-19-36(38(28-48)29-49)25-45(4,5)23-34/h6-21,50H,22-25H2,1-5H3/b10-8+,11-9+. The number of allylic oxidation sites excluding steroid dienone is 10. The van der Waals surface area contributed by atoms with E-state index >= 15 is 0 Å². The largest absolute Gasteiger partial charge is 0.352 e. The highest BCUT2D eigenvalue weighted by molar-refractivity contribution is 5.98. The average molecular weight is 665 g/mol. The number of aryl methyl sites for hydroxylation is 1. The number of benzene rings is 3. The molecule has 3 aromatic carbocycles. The number of nitriles is 4. The van der Waals surface area contributed by atoms with Crippen LogP contribution in [0.2, 0.25) is 0 Å². The van der Waals surface area contributed by atoms with Crippen molar-refractivity contribution in [3.63, 3.8) is 0 Å². The molecule has 6 nitrogen and oxygen atoms in total. The number of hydrogen-bond acceptors (Lipinski definition) is 6. The topological polar surface area (TPSA) is 110 Å². The lowest BCUT2D eigenvalue weighted by Gasteiger charge is -2.34. The van der Waals surface area contributed by atoms with Crippen LogP contribution in [-0.4, -0.2) is 0 Å². The summed E-state index contributed by atoms with van der Waals surface area (Å²) in [7, 11) is 0. The minimum atomic E-state index is -0.0521. The van der Waals surface area contributed by atoms with Crippen LogP contribution in [0.1, 0.15) is 70.1 Å². The van der Waals surface area contributed by atoms with E-state index in [-0.39, 0.29) is 22.0 Å². The number of nitrogens with one attached hydrogen (secondary N) is 1. The van der Waals surface area contributed by atoms with Gasteiger partial charge >= 0.3 is 0 Å². The maximum Gasteiger partial charge on any atom is 0.132 e. The zero-order chi connectivity index (χ0) is 36.3. The van der Waals surface area contributed by atoms with E-state index in [1.807, 2.05) is 12.2 Å². The van der Waals surface area contributed by atoms with Gasteiger partial charge in [0.25, 0.3) is 0 Å². The van der Waals surface area contributed by atoms with Crippen LogP contribution in [-0.2, 0) is 0 Å². The Bertz CT molecular complexity index is 2100. The second-order valence-electron chi connectivity index (χ2n) is 15.2. The minimum Gasteiger partial charge on any atom is -0.352 e. The summed E-state index contributed by atoms with van der Waals surface area (Å²) in [6, 6.07) is 29.7. The lowest BCUT2D eigenvalue weighted by molar-refractivity contribution is 0.354. The predicted molar refractivity (Wildman–Crippen MR) is 206 cm³/mol. The van der Waals surface area contributed by atoms with E-state index < -0.39 is 0 Å². The van der Waals surface area contributed by atoms with E-state index in [1.54, 1.807) is 0 Å². The SMILES string of the molecule is Cc1ccc(N2c3ccc(/C=C/C4=CC(=C(C#N)C#N)CC(C)(C)C4)cc3Nc3cc(/C=C/C4=CC(=C(C#N)C#N)CC(C)(C)C4)ccc32)cc1. The quantitative estimate of drug-likeness (QED) is 0.213. The van der Waals surface area contributed by atoms with Gasteiger partial charge in [-0.1, -0.05) is 94.0 Å². The first kappa shape index (κ1) is 34.5. The highest BCUT2D eigenvalue weighted by Crippen LogP contribution is 2.49. The molecule has 3 aromatic rings. The van der Waals surface area contributed by atoms with Gasteiger partial charge in [0.15, 0.2) is 0 Å². The molecule has 0 saturated heterocycles. The van der Waals surface area contributed by atoms with Crippen molar-refractivity contribution >= 4 is 40.6 Å². The Morgan fingerprint density at radius 3 is 1.45 bits per heavy atom. The maximum atomic E-state index is 9.50. The second-order valence-corrected chi connectivity index (χ2v) is 15.2. The molecule has 3 aliphatic rings. The van der Waals surface area contributed by atoms with Crippen LogP contribution >= 0.6 is 0 Å². The van der Waals surface area contributed by atoms with E-state index in [4.69, 9.17) is 0 Å². The summed E-state index contributed by atoms with van der Waals surface area (Å²) in [4.78, 5) is 2.28. The van der Waals surface area contributed by atoms with Gasteiger partial charge in [-0.25, -0.2) is 0 Å². The zero-order valence-electron chi connectivity index (χ0n) is 29.8. The van der Waals surface area contributed by atoms with Gasteiger partial charge in [0, 0.05) is 5.69 Å². The maximum absolute atomic E-state index is 9.50. The van der Waals surface area contributed by atoms with E-state index in [1.165, 1.54) is 5.56 Å². The summed E-state index contributed by atoms with van der Waals surface area (Å²) in [6.07, 6.45) is 15.5. The minimum absolute atomic E-state index is 0.0521. The number of rotatable bonds is 5. The van der Waals surface area contributed by atoms with Crippen LogP contribution in [0.4, 0.5) is 28.4 Å². The Balaban J connectivity index is 1.36. The van der Waals surface area contributed by atoms with Gasteiger partial charge in [0.2, 0.25) is 0 Å². The first-order chi connectivity index (χ1) is 24.4. The van der Waals surface area contributed by atoms with Crippen molar-refractivity contribution in [1.82, 2.24) is 0 Å². The van der Waals surface area contributed by atoms with E-state index in [9.17, 15) is 21.0 Å². The van der Waals surface area contributed by atoms with Gasteiger partial charge in [0.05, 0.1) is 22.7 Å². The molecule has 0 amide bonds. The van der Waals surface area contributed by atoms with Crippen LogP contribution in [0.15, 0.2) is 118 Å². The Kier molecular flexibility index (Phi) is 9.39. The fourth-order valence-electron chi connectivity index (χ4n) is 7.34. The molecular formula is C45H40N6. The third-order valence-electron chi connectivity index (χ3n) is 9.58. The second kappa shape index (κ2) is 13.9. The van der Waals surface area contributed by atoms with Gasteiger partial charge in [-0.15, -0.1) is 0 Å². The molecule has 6 heteroatoms. The van der Waals surface area contributed by atoms with Crippen LogP contribution < -0.4 is 10.2 Å². The van der Waals surface area contributed by atoms with Crippen LogP contribution in [0, 0.1) is 63.1 Å². The van der Waals surface area contributed by atoms with Crippen LogP contribution in [0.5, 0.6) is 0 Å². The molecule has 0 atom stereocenters. The summed E-state index contributed by atoms with van der Waals surface area (Å²) in [5, 5.41) is 41.7. The summed E-state index contributed by atoms with van der Waals surface area (Å²) >= 11 is 0. The van der Waals surface area contributed by atoms with Gasteiger partial charge in [0.1, 0.15) is 35.4 Å². The molecule has 0 unspecified atom stereocenters. The van der Waals surface area contributed by atoms with E-state index in [0.717, 1.165) is 74.7 Å². The van der Waals surface area contributed by atoms with Crippen molar-refractivity contribution in [2.45, 2.75) is 60.3 Å². The van der Waals surface area contributed by atoms with Crippen molar-refractivity contribution in [1.29, 1.82) is 21.0 Å².